The molecular formula is C13H16N2O2. The topological polar surface area (TPSA) is 69.1 Å². The molecule has 0 spiro atoms. The lowest BCUT2D eigenvalue weighted by Crippen LogP contribution is -1.91. The summed E-state index contributed by atoms with van der Waals surface area (Å²) in [4.78, 5) is 7.28. The number of nitrogens with zero attached hydrogens (tertiary/aromatic N) is 1. The van der Waals surface area contributed by atoms with Crippen LogP contribution >= 0.6 is 0 Å². The summed E-state index contributed by atoms with van der Waals surface area (Å²) in [7, 11) is 0. The van der Waals surface area contributed by atoms with Crippen molar-refractivity contribution in [2.45, 2.75) is 26.6 Å². The van der Waals surface area contributed by atoms with Gasteiger partial charge in [-0.1, -0.05) is 29.8 Å². The van der Waals surface area contributed by atoms with Crippen molar-refractivity contribution in [1.82, 2.24) is 9.97 Å². The molecule has 0 aliphatic rings. The zero-order valence-corrected chi connectivity index (χ0v) is 9.77. The molecule has 1 heterocycles. The number of rotatable bonds is 4. The Morgan fingerprint density at radius 1 is 1.12 bits per heavy atom. The molecular weight excluding hydrogens is 216 g/mol. The normalized spacial score (nSPS) is 10.8. The molecule has 0 aliphatic carbocycles. The number of hydrogen-bond donors (Lipinski definition) is 3. The van der Waals surface area contributed by atoms with Gasteiger partial charge in [-0.15, -0.1) is 0 Å². The van der Waals surface area contributed by atoms with Gasteiger partial charge in [-0.2, -0.15) is 0 Å². The van der Waals surface area contributed by atoms with Gasteiger partial charge in [0.25, 0.3) is 0 Å². The Labute approximate surface area is 100.0 Å². The van der Waals surface area contributed by atoms with Gasteiger partial charge in [0, 0.05) is 6.42 Å². The minimum atomic E-state index is -0.152. The van der Waals surface area contributed by atoms with Gasteiger partial charge in [0.15, 0.2) is 0 Å². The largest absolute Gasteiger partial charge is 0.390 e. The van der Waals surface area contributed by atoms with Gasteiger partial charge >= 0.3 is 0 Å². The summed E-state index contributed by atoms with van der Waals surface area (Å²) in [6, 6.07) is 8.21. The van der Waals surface area contributed by atoms with E-state index < -0.39 is 0 Å². The molecule has 4 nitrogen and oxygen atoms in total. The fourth-order valence-corrected chi connectivity index (χ4v) is 1.75. The van der Waals surface area contributed by atoms with E-state index in [0.29, 0.717) is 17.8 Å². The summed E-state index contributed by atoms with van der Waals surface area (Å²) < 4.78 is 0. The third-order valence-corrected chi connectivity index (χ3v) is 2.71. The van der Waals surface area contributed by atoms with Crippen LogP contribution in [0, 0.1) is 6.92 Å². The summed E-state index contributed by atoms with van der Waals surface area (Å²) in [5, 5.41) is 18.2. The first-order valence-electron chi connectivity index (χ1n) is 5.57. The summed E-state index contributed by atoms with van der Waals surface area (Å²) >= 11 is 0. The second-order valence-corrected chi connectivity index (χ2v) is 4.09. The number of nitrogens with one attached hydrogen (secondary N) is 1. The zero-order valence-electron chi connectivity index (χ0n) is 9.77. The Bertz CT molecular complexity index is 467. The minimum Gasteiger partial charge on any atom is -0.390 e. The van der Waals surface area contributed by atoms with Crippen LogP contribution in [0.4, 0.5) is 0 Å². The van der Waals surface area contributed by atoms with Gasteiger partial charge in [0.2, 0.25) is 0 Å². The fraction of sp³-hybridized carbons (Fsp3) is 0.308. The van der Waals surface area contributed by atoms with Crippen LogP contribution in [0.25, 0.3) is 0 Å². The second-order valence-electron chi connectivity index (χ2n) is 4.09. The van der Waals surface area contributed by atoms with Gasteiger partial charge in [-0.25, -0.2) is 4.98 Å². The first-order valence-corrected chi connectivity index (χ1v) is 5.57. The molecule has 0 radical (unpaired) electrons. The van der Waals surface area contributed by atoms with Crippen molar-refractivity contribution in [2.75, 3.05) is 0 Å². The molecule has 3 N–H and O–H groups in total. The smallest absolute Gasteiger partial charge is 0.111 e. The van der Waals surface area contributed by atoms with Crippen molar-refractivity contribution in [2.24, 2.45) is 0 Å². The SMILES string of the molecule is Cc1ccc(Cc2nc(CO)c(CO)[nH]2)cc1. The highest BCUT2D eigenvalue weighted by molar-refractivity contribution is 5.25. The average molecular weight is 232 g/mol. The van der Waals surface area contributed by atoms with E-state index in [0.717, 1.165) is 11.4 Å². The number of imidazole rings is 1. The lowest BCUT2D eigenvalue weighted by Gasteiger charge is -1.98. The maximum atomic E-state index is 9.08. The average Bonchev–Trinajstić information content (AvgIpc) is 2.74. The highest BCUT2D eigenvalue weighted by Crippen LogP contribution is 2.11. The van der Waals surface area contributed by atoms with Crippen molar-refractivity contribution < 1.29 is 10.2 Å². The number of aryl methyl sites for hydroxylation is 1. The van der Waals surface area contributed by atoms with Crippen molar-refractivity contribution in [3.8, 4) is 0 Å². The second kappa shape index (κ2) is 5.12. The van der Waals surface area contributed by atoms with Crippen LogP contribution in [0.3, 0.4) is 0 Å². The molecule has 90 valence electrons. The molecule has 0 bridgehead atoms. The summed E-state index contributed by atoms with van der Waals surface area (Å²) in [5.41, 5.74) is 3.49. The standard InChI is InChI=1S/C13H16N2O2/c1-9-2-4-10(5-3-9)6-13-14-11(7-16)12(8-17)15-13/h2-5,16-17H,6-8H2,1H3,(H,14,15). The predicted molar refractivity (Wildman–Crippen MR) is 64.4 cm³/mol. The van der Waals surface area contributed by atoms with E-state index >= 15 is 0 Å². The van der Waals surface area contributed by atoms with Gasteiger partial charge in [-0.05, 0) is 12.5 Å². The molecule has 0 saturated carbocycles. The number of aliphatic hydroxyl groups excluding tert-OH is 2. The van der Waals surface area contributed by atoms with E-state index in [1.807, 2.05) is 6.92 Å². The quantitative estimate of drug-likeness (QED) is 0.744. The van der Waals surface area contributed by atoms with Gasteiger partial charge < -0.3 is 15.2 Å². The highest BCUT2D eigenvalue weighted by atomic mass is 16.3. The fourth-order valence-electron chi connectivity index (χ4n) is 1.75. The third-order valence-electron chi connectivity index (χ3n) is 2.71. The Balaban J connectivity index is 2.18. The van der Waals surface area contributed by atoms with E-state index in [4.69, 9.17) is 10.2 Å². The number of aliphatic hydroxyl groups is 2. The van der Waals surface area contributed by atoms with Crippen molar-refractivity contribution in [1.29, 1.82) is 0 Å². The predicted octanol–water partition coefficient (Wildman–Crippen LogP) is 1.29. The molecule has 1 aromatic carbocycles. The molecule has 0 fully saturated rings. The van der Waals surface area contributed by atoms with Crippen LogP contribution < -0.4 is 0 Å². The summed E-state index contributed by atoms with van der Waals surface area (Å²) in [6.45, 7) is 1.77. The third kappa shape index (κ3) is 2.72. The molecule has 4 heteroatoms. The first-order chi connectivity index (χ1) is 8.22. The van der Waals surface area contributed by atoms with Gasteiger partial charge in [-0.3, -0.25) is 0 Å². The van der Waals surface area contributed by atoms with Gasteiger partial charge in [0.05, 0.1) is 24.6 Å². The lowest BCUT2D eigenvalue weighted by atomic mass is 10.1. The number of H-pyrrole nitrogens is 1. The highest BCUT2D eigenvalue weighted by Gasteiger charge is 2.08. The molecule has 0 saturated heterocycles. The molecule has 2 aromatic rings. The molecule has 1 aromatic heterocycles. The van der Waals surface area contributed by atoms with Crippen molar-refractivity contribution >= 4 is 0 Å². The van der Waals surface area contributed by atoms with E-state index in [-0.39, 0.29) is 13.2 Å². The Hall–Kier alpha value is -1.65. The minimum absolute atomic E-state index is 0.128. The van der Waals surface area contributed by atoms with Crippen molar-refractivity contribution in [3.63, 3.8) is 0 Å². The van der Waals surface area contributed by atoms with Crippen LogP contribution in [0.2, 0.25) is 0 Å². The van der Waals surface area contributed by atoms with E-state index in [2.05, 4.69) is 34.2 Å². The summed E-state index contributed by atoms with van der Waals surface area (Å²) in [5.74, 6) is 0.766. The molecule has 0 aliphatic heterocycles. The number of benzene rings is 1. The molecule has 17 heavy (non-hydrogen) atoms. The van der Waals surface area contributed by atoms with Crippen LogP contribution in [-0.2, 0) is 19.6 Å². The lowest BCUT2D eigenvalue weighted by molar-refractivity contribution is 0.255. The molecule has 0 amide bonds. The number of hydrogen-bond acceptors (Lipinski definition) is 3. The summed E-state index contributed by atoms with van der Waals surface area (Å²) in [6.07, 6.45) is 0.674. The molecule has 2 rings (SSSR count). The maximum Gasteiger partial charge on any atom is 0.111 e. The zero-order chi connectivity index (χ0) is 12.3. The molecule has 0 atom stereocenters. The maximum absolute atomic E-state index is 9.08. The Morgan fingerprint density at radius 3 is 2.35 bits per heavy atom. The van der Waals surface area contributed by atoms with Gasteiger partial charge in [0.1, 0.15) is 5.82 Å². The van der Waals surface area contributed by atoms with Crippen molar-refractivity contribution in [3.05, 3.63) is 52.6 Å². The monoisotopic (exact) mass is 232 g/mol. The van der Waals surface area contributed by atoms with Crippen LogP contribution in [0.15, 0.2) is 24.3 Å². The Kier molecular flexibility index (Phi) is 3.56. The molecule has 0 unspecified atom stereocenters. The van der Waals surface area contributed by atoms with E-state index in [1.165, 1.54) is 5.56 Å². The Morgan fingerprint density at radius 2 is 1.82 bits per heavy atom. The number of aromatic amines is 1. The van der Waals surface area contributed by atoms with E-state index in [1.54, 1.807) is 0 Å². The van der Waals surface area contributed by atoms with Crippen LogP contribution in [0.5, 0.6) is 0 Å². The first kappa shape index (κ1) is 11.8. The van der Waals surface area contributed by atoms with Crippen LogP contribution in [-0.4, -0.2) is 20.2 Å². The number of aromatic nitrogens is 2. The van der Waals surface area contributed by atoms with E-state index in [9.17, 15) is 0 Å². The van der Waals surface area contributed by atoms with Crippen LogP contribution in [0.1, 0.15) is 28.3 Å².